The van der Waals surface area contributed by atoms with Gasteiger partial charge < -0.3 is 19.3 Å². The fourth-order valence-electron chi connectivity index (χ4n) is 3.78. The molecule has 0 aliphatic heterocycles. The lowest BCUT2D eigenvalue weighted by atomic mass is 10.0. The van der Waals surface area contributed by atoms with Crippen LogP contribution in [-0.4, -0.2) is 24.1 Å². The molecule has 10 heteroatoms. The molecular weight excluding hydrogens is 551 g/mol. The van der Waals surface area contributed by atoms with Crippen LogP contribution in [0.3, 0.4) is 0 Å². The van der Waals surface area contributed by atoms with Crippen LogP contribution >= 0.6 is 34.8 Å². The van der Waals surface area contributed by atoms with E-state index in [4.69, 9.17) is 48.8 Å². The van der Waals surface area contributed by atoms with E-state index in [1.54, 1.807) is 54.6 Å². The first kappa shape index (κ1) is 27.5. The first-order chi connectivity index (χ1) is 18.2. The number of benzene rings is 3. The molecule has 0 atom stereocenters. The van der Waals surface area contributed by atoms with E-state index in [1.165, 1.54) is 13.2 Å². The molecule has 0 saturated carbocycles. The largest absolute Gasteiger partial charge is 0.489 e. The van der Waals surface area contributed by atoms with Crippen LogP contribution in [-0.2, 0) is 11.3 Å². The Morgan fingerprint density at radius 2 is 1.63 bits per heavy atom. The van der Waals surface area contributed by atoms with Crippen LogP contribution in [0.1, 0.15) is 51.8 Å². The van der Waals surface area contributed by atoms with Crippen molar-refractivity contribution in [3.8, 4) is 17.0 Å². The summed E-state index contributed by atoms with van der Waals surface area (Å²) in [5.41, 5.74) is 2.72. The van der Waals surface area contributed by atoms with Gasteiger partial charge in [-0.25, -0.2) is 4.79 Å². The van der Waals surface area contributed by atoms with E-state index in [-0.39, 0.29) is 28.7 Å². The van der Waals surface area contributed by atoms with Crippen LogP contribution in [0.2, 0.25) is 15.1 Å². The SMILES string of the molecule is COC(=O)c1cccc(C(=O)Nc2ccc(OCc3c(-c4c(Cl)cccc4Cl)noc3C(C)C)cc2Cl)c1. The highest BCUT2D eigenvalue weighted by Crippen LogP contribution is 2.39. The normalized spacial score (nSPS) is 10.9. The molecule has 196 valence electrons. The molecule has 7 nitrogen and oxygen atoms in total. The molecule has 1 aromatic heterocycles. The van der Waals surface area contributed by atoms with Gasteiger partial charge in [0.05, 0.1) is 39.0 Å². The third-order valence-electron chi connectivity index (χ3n) is 5.66. The Bertz CT molecular complexity index is 1480. The highest BCUT2D eigenvalue weighted by atomic mass is 35.5. The Morgan fingerprint density at radius 1 is 0.947 bits per heavy atom. The monoisotopic (exact) mass is 572 g/mol. The molecule has 1 amide bonds. The Labute approximate surface area is 234 Å². The lowest BCUT2D eigenvalue weighted by Gasteiger charge is -2.12. The second-order valence-corrected chi connectivity index (χ2v) is 9.80. The summed E-state index contributed by atoms with van der Waals surface area (Å²) >= 11 is 19.3. The van der Waals surface area contributed by atoms with Crippen molar-refractivity contribution in [1.82, 2.24) is 5.16 Å². The number of amides is 1. The number of aromatic nitrogens is 1. The number of nitrogens with zero attached hydrogens (tertiary/aromatic N) is 1. The van der Waals surface area contributed by atoms with Crippen molar-refractivity contribution < 1.29 is 23.6 Å². The van der Waals surface area contributed by atoms with Gasteiger partial charge in [0.2, 0.25) is 0 Å². The van der Waals surface area contributed by atoms with Gasteiger partial charge in [-0.3, -0.25) is 4.79 Å². The standard InChI is InChI=1S/C28H23Cl3N2O5/c1-15(2)26-19(25(33-38-26)24-20(29)8-5-9-21(24)30)14-37-18-10-11-23(22(31)13-18)32-27(34)16-6-4-7-17(12-16)28(35)36-3/h4-13,15H,14H2,1-3H3,(H,32,34). The summed E-state index contributed by atoms with van der Waals surface area (Å²) in [5.74, 6) is 0.189. The molecule has 0 radical (unpaired) electrons. The van der Waals surface area contributed by atoms with E-state index in [1.807, 2.05) is 13.8 Å². The van der Waals surface area contributed by atoms with Crippen LogP contribution in [0.4, 0.5) is 5.69 Å². The van der Waals surface area contributed by atoms with Crippen molar-refractivity contribution in [1.29, 1.82) is 0 Å². The molecular formula is C28H23Cl3N2O5. The third-order valence-corrected chi connectivity index (χ3v) is 6.60. The topological polar surface area (TPSA) is 90.7 Å². The summed E-state index contributed by atoms with van der Waals surface area (Å²) in [5, 5.41) is 8.13. The summed E-state index contributed by atoms with van der Waals surface area (Å²) in [4.78, 5) is 24.5. The average Bonchev–Trinajstić information content (AvgIpc) is 3.32. The molecule has 0 fully saturated rings. The summed E-state index contributed by atoms with van der Waals surface area (Å²) < 4.78 is 16.4. The van der Waals surface area contributed by atoms with Gasteiger partial charge >= 0.3 is 5.97 Å². The lowest BCUT2D eigenvalue weighted by molar-refractivity contribution is 0.0600. The number of rotatable bonds is 8. The maximum Gasteiger partial charge on any atom is 0.337 e. The Kier molecular flexibility index (Phi) is 8.62. The Balaban J connectivity index is 1.53. The van der Waals surface area contributed by atoms with Gasteiger partial charge in [0.1, 0.15) is 23.8 Å². The highest BCUT2D eigenvalue weighted by Gasteiger charge is 2.24. The number of hydrogen-bond acceptors (Lipinski definition) is 6. The molecule has 1 heterocycles. The third kappa shape index (κ3) is 5.96. The fraction of sp³-hybridized carbons (Fsp3) is 0.179. The minimum Gasteiger partial charge on any atom is -0.489 e. The van der Waals surface area contributed by atoms with Crippen LogP contribution in [0.5, 0.6) is 5.75 Å². The molecule has 38 heavy (non-hydrogen) atoms. The van der Waals surface area contributed by atoms with Crippen LogP contribution in [0.15, 0.2) is 65.2 Å². The number of carbonyl (C=O) groups is 2. The van der Waals surface area contributed by atoms with E-state index < -0.39 is 11.9 Å². The zero-order valence-electron chi connectivity index (χ0n) is 20.7. The quantitative estimate of drug-likeness (QED) is 0.215. The van der Waals surface area contributed by atoms with Crippen molar-refractivity contribution in [2.45, 2.75) is 26.4 Å². The maximum atomic E-state index is 12.7. The first-order valence-electron chi connectivity index (χ1n) is 11.5. The van der Waals surface area contributed by atoms with E-state index in [9.17, 15) is 9.59 Å². The minimum atomic E-state index is -0.535. The first-order valence-corrected chi connectivity index (χ1v) is 12.7. The number of hydrogen-bond donors (Lipinski definition) is 1. The van der Waals surface area contributed by atoms with Gasteiger partial charge in [-0.2, -0.15) is 0 Å². The number of nitrogens with one attached hydrogen (secondary N) is 1. The molecule has 4 aromatic rings. The van der Waals surface area contributed by atoms with Gasteiger partial charge in [0.15, 0.2) is 0 Å². The second-order valence-electron chi connectivity index (χ2n) is 8.58. The van der Waals surface area contributed by atoms with Crippen LogP contribution < -0.4 is 10.1 Å². The van der Waals surface area contributed by atoms with Crippen LogP contribution in [0, 0.1) is 0 Å². The molecule has 0 bridgehead atoms. The van der Waals surface area contributed by atoms with Gasteiger partial charge in [-0.15, -0.1) is 0 Å². The number of ether oxygens (including phenoxy) is 2. The van der Waals surface area contributed by atoms with Crippen molar-refractivity contribution in [2.75, 3.05) is 12.4 Å². The molecule has 4 rings (SSSR count). The van der Waals surface area contributed by atoms with Crippen molar-refractivity contribution in [3.63, 3.8) is 0 Å². The lowest BCUT2D eigenvalue weighted by Crippen LogP contribution is -2.13. The molecule has 0 aliphatic rings. The second kappa shape index (κ2) is 11.9. The highest BCUT2D eigenvalue weighted by molar-refractivity contribution is 6.39. The predicted octanol–water partition coefficient (Wildman–Crippen LogP) is 8.04. The fourth-order valence-corrected chi connectivity index (χ4v) is 4.57. The maximum absolute atomic E-state index is 12.7. The van der Waals surface area contributed by atoms with Crippen LogP contribution in [0.25, 0.3) is 11.3 Å². The van der Waals surface area contributed by atoms with Gasteiger partial charge in [-0.1, -0.05) is 65.9 Å². The average molecular weight is 574 g/mol. The number of anilines is 1. The van der Waals surface area contributed by atoms with E-state index in [2.05, 4.69) is 10.5 Å². The molecule has 1 N–H and O–H groups in total. The van der Waals surface area contributed by atoms with E-state index >= 15 is 0 Å². The zero-order chi connectivity index (χ0) is 27.4. The number of methoxy groups -OCH3 is 1. The van der Waals surface area contributed by atoms with E-state index in [0.29, 0.717) is 44.1 Å². The van der Waals surface area contributed by atoms with Crippen molar-refractivity contribution >= 4 is 52.4 Å². The smallest absolute Gasteiger partial charge is 0.337 e. The summed E-state index contributed by atoms with van der Waals surface area (Å²) in [7, 11) is 1.28. The van der Waals surface area contributed by atoms with Crippen molar-refractivity contribution in [3.05, 3.63) is 98.2 Å². The molecule has 0 saturated heterocycles. The van der Waals surface area contributed by atoms with Gasteiger partial charge in [0.25, 0.3) is 5.91 Å². The predicted molar refractivity (Wildman–Crippen MR) is 148 cm³/mol. The van der Waals surface area contributed by atoms with Gasteiger partial charge in [-0.05, 0) is 42.5 Å². The number of halogens is 3. The molecule has 0 spiro atoms. The summed E-state index contributed by atoms with van der Waals surface area (Å²) in [6.07, 6.45) is 0. The molecule has 0 unspecified atom stereocenters. The molecule has 3 aromatic carbocycles. The molecule has 0 aliphatic carbocycles. The van der Waals surface area contributed by atoms with E-state index in [0.717, 1.165) is 0 Å². The number of carbonyl (C=O) groups excluding carboxylic acids is 2. The number of esters is 1. The van der Waals surface area contributed by atoms with Gasteiger partial charge in [0, 0.05) is 23.1 Å². The summed E-state index contributed by atoms with van der Waals surface area (Å²) in [6, 6.07) is 16.3. The van der Waals surface area contributed by atoms with Crippen molar-refractivity contribution in [2.24, 2.45) is 0 Å². The minimum absolute atomic E-state index is 0.0370. The Morgan fingerprint density at radius 3 is 2.29 bits per heavy atom. The Hall–Kier alpha value is -3.52. The summed E-state index contributed by atoms with van der Waals surface area (Å²) in [6.45, 7) is 4.09. The zero-order valence-corrected chi connectivity index (χ0v) is 22.9.